The zero-order chi connectivity index (χ0) is 20.5. The Kier molecular flexibility index (Phi) is 7.25. The number of carbonyl (C=O) groups excluding carboxylic acids is 1. The van der Waals surface area contributed by atoms with Crippen LogP contribution in [0, 0.1) is 0 Å². The van der Waals surface area contributed by atoms with Crippen LogP contribution in [-0.4, -0.2) is 26.7 Å². The van der Waals surface area contributed by atoms with Crippen molar-refractivity contribution in [3.8, 4) is 11.5 Å². The minimum absolute atomic E-state index is 0.0653. The molecule has 0 spiro atoms. The summed E-state index contributed by atoms with van der Waals surface area (Å²) in [5.41, 5.74) is 2.81. The topological polar surface area (TPSA) is 64.2 Å². The van der Waals surface area contributed by atoms with E-state index in [9.17, 15) is 4.79 Å². The Morgan fingerprint density at radius 1 is 0.931 bits per heavy atom. The summed E-state index contributed by atoms with van der Waals surface area (Å²) < 4.78 is 10.7. The normalized spacial score (nSPS) is 11.5. The first-order chi connectivity index (χ1) is 14.2. The molecule has 0 aliphatic rings. The first-order valence-corrected chi connectivity index (χ1v) is 9.66. The lowest BCUT2D eigenvalue weighted by Gasteiger charge is -2.17. The molecule has 0 aromatic heterocycles. The second-order valence-corrected chi connectivity index (χ2v) is 6.70. The number of carbonyl (C=O) groups is 1. The SMILES string of the molecule is COc1cccc(NC(=O)[C@@H]([NH2+]CCc2ccccc2OC)c2ccccc2)c1. The molecule has 0 unspecified atom stereocenters. The summed E-state index contributed by atoms with van der Waals surface area (Å²) in [6, 6.07) is 24.8. The third kappa shape index (κ3) is 5.59. The van der Waals surface area contributed by atoms with Gasteiger partial charge in [0.2, 0.25) is 0 Å². The lowest BCUT2D eigenvalue weighted by molar-refractivity contribution is -0.682. The summed E-state index contributed by atoms with van der Waals surface area (Å²) >= 11 is 0. The maximum Gasteiger partial charge on any atom is 0.287 e. The summed E-state index contributed by atoms with van der Waals surface area (Å²) in [5.74, 6) is 1.52. The smallest absolute Gasteiger partial charge is 0.287 e. The van der Waals surface area contributed by atoms with Crippen molar-refractivity contribution in [3.05, 3.63) is 90.0 Å². The zero-order valence-electron chi connectivity index (χ0n) is 16.8. The number of para-hydroxylation sites is 1. The average Bonchev–Trinajstić information content (AvgIpc) is 2.77. The van der Waals surface area contributed by atoms with Gasteiger partial charge in [0.15, 0.2) is 6.04 Å². The van der Waals surface area contributed by atoms with Crippen molar-refractivity contribution >= 4 is 11.6 Å². The Hall–Kier alpha value is -3.31. The van der Waals surface area contributed by atoms with Crippen molar-refractivity contribution in [1.82, 2.24) is 0 Å². The first-order valence-electron chi connectivity index (χ1n) is 9.66. The molecule has 150 valence electrons. The number of quaternary nitrogens is 1. The van der Waals surface area contributed by atoms with Crippen LogP contribution in [0.25, 0.3) is 0 Å². The Morgan fingerprint density at radius 3 is 2.45 bits per heavy atom. The van der Waals surface area contributed by atoms with E-state index in [0.717, 1.165) is 29.8 Å². The van der Waals surface area contributed by atoms with Crippen LogP contribution in [0.4, 0.5) is 5.69 Å². The molecule has 0 radical (unpaired) electrons. The number of nitrogens with one attached hydrogen (secondary N) is 1. The van der Waals surface area contributed by atoms with E-state index in [0.29, 0.717) is 11.4 Å². The number of ether oxygens (including phenoxy) is 2. The summed E-state index contributed by atoms with van der Waals surface area (Å²) in [4.78, 5) is 13.1. The zero-order valence-corrected chi connectivity index (χ0v) is 16.8. The van der Waals surface area contributed by atoms with Crippen LogP contribution < -0.4 is 20.1 Å². The van der Waals surface area contributed by atoms with E-state index >= 15 is 0 Å². The summed E-state index contributed by atoms with van der Waals surface area (Å²) in [5, 5.41) is 5.08. The lowest BCUT2D eigenvalue weighted by atomic mass is 10.0. The number of nitrogens with two attached hydrogens (primary N) is 1. The van der Waals surface area contributed by atoms with Gasteiger partial charge in [0.25, 0.3) is 5.91 Å². The van der Waals surface area contributed by atoms with E-state index in [4.69, 9.17) is 9.47 Å². The van der Waals surface area contributed by atoms with Gasteiger partial charge in [-0.05, 0) is 23.8 Å². The second kappa shape index (κ2) is 10.3. The monoisotopic (exact) mass is 391 g/mol. The molecular formula is C24H27N2O3+. The molecule has 0 aliphatic heterocycles. The van der Waals surface area contributed by atoms with Gasteiger partial charge in [-0.2, -0.15) is 0 Å². The standard InChI is InChI=1S/C24H26N2O3/c1-28-21-13-8-12-20(17-21)26-24(27)23(19-10-4-3-5-11-19)25-16-15-18-9-6-7-14-22(18)29-2/h3-14,17,23,25H,15-16H2,1-2H3,(H,26,27)/p+1/t23-/m0/s1. The number of rotatable bonds is 9. The minimum atomic E-state index is -0.350. The molecule has 0 aliphatic carbocycles. The van der Waals surface area contributed by atoms with Crippen molar-refractivity contribution in [1.29, 1.82) is 0 Å². The molecule has 0 bridgehead atoms. The molecule has 3 N–H and O–H groups in total. The summed E-state index contributed by atoms with van der Waals surface area (Å²) in [6.45, 7) is 0.755. The van der Waals surface area contributed by atoms with Gasteiger partial charge in [0, 0.05) is 23.7 Å². The summed E-state index contributed by atoms with van der Waals surface area (Å²) in [6.07, 6.45) is 0.805. The Labute approximate surface area is 171 Å². The fraction of sp³-hybridized carbons (Fsp3) is 0.208. The van der Waals surface area contributed by atoms with E-state index in [1.54, 1.807) is 14.2 Å². The van der Waals surface area contributed by atoms with Gasteiger partial charge in [-0.15, -0.1) is 0 Å². The average molecular weight is 391 g/mol. The van der Waals surface area contributed by atoms with Crippen LogP contribution in [0.3, 0.4) is 0 Å². The number of hydrogen-bond donors (Lipinski definition) is 2. The van der Waals surface area contributed by atoms with Crippen LogP contribution in [0.5, 0.6) is 11.5 Å². The first kappa shape index (κ1) is 20.4. The fourth-order valence-electron chi connectivity index (χ4n) is 3.29. The van der Waals surface area contributed by atoms with E-state index in [1.807, 2.05) is 72.8 Å². The molecule has 3 rings (SSSR count). The molecule has 5 nitrogen and oxygen atoms in total. The molecule has 0 saturated carbocycles. The predicted octanol–water partition coefficient (Wildman–Crippen LogP) is 3.19. The predicted molar refractivity (Wildman–Crippen MR) is 114 cm³/mol. The second-order valence-electron chi connectivity index (χ2n) is 6.70. The Bertz CT molecular complexity index is 928. The highest BCUT2D eigenvalue weighted by Crippen LogP contribution is 2.19. The molecule has 5 heteroatoms. The number of anilines is 1. The Balaban J connectivity index is 1.71. The summed E-state index contributed by atoms with van der Waals surface area (Å²) in [7, 11) is 3.29. The molecular weight excluding hydrogens is 364 g/mol. The highest BCUT2D eigenvalue weighted by molar-refractivity contribution is 5.94. The fourth-order valence-corrected chi connectivity index (χ4v) is 3.29. The van der Waals surface area contributed by atoms with Gasteiger partial charge >= 0.3 is 0 Å². The molecule has 1 amide bonds. The molecule has 3 aromatic carbocycles. The minimum Gasteiger partial charge on any atom is -0.497 e. The van der Waals surface area contributed by atoms with Crippen molar-refractivity contribution in [2.75, 3.05) is 26.1 Å². The van der Waals surface area contributed by atoms with Crippen LogP contribution in [0.2, 0.25) is 0 Å². The maximum atomic E-state index is 13.1. The molecule has 1 atom stereocenters. The largest absolute Gasteiger partial charge is 0.497 e. The van der Waals surface area contributed by atoms with Crippen LogP contribution in [0.1, 0.15) is 17.2 Å². The van der Waals surface area contributed by atoms with E-state index < -0.39 is 0 Å². The van der Waals surface area contributed by atoms with Gasteiger partial charge < -0.3 is 20.1 Å². The van der Waals surface area contributed by atoms with Crippen LogP contribution >= 0.6 is 0 Å². The van der Waals surface area contributed by atoms with Crippen LogP contribution in [-0.2, 0) is 11.2 Å². The number of hydrogen-bond acceptors (Lipinski definition) is 3. The van der Waals surface area contributed by atoms with E-state index in [-0.39, 0.29) is 11.9 Å². The molecule has 0 heterocycles. The quantitative estimate of drug-likeness (QED) is 0.589. The lowest BCUT2D eigenvalue weighted by Crippen LogP contribution is -2.87. The third-order valence-corrected chi connectivity index (χ3v) is 4.79. The van der Waals surface area contributed by atoms with Crippen LogP contribution in [0.15, 0.2) is 78.9 Å². The van der Waals surface area contributed by atoms with Crippen molar-refractivity contribution in [3.63, 3.8) is 0 Å². The third-order valence-electron chi connectivity index (χ3n) is 4.79. The van der Waals surface area contributed by atoms with Gasteiger partial charge in [0.1, 0.15) is 11.5 Å². The highest BCUT2D eigenvalue weighted by Gasteiger charge is 2.24. The van der Waals surface area contributed by atoms with E-state index in [1.165, 1.54) is 0 Å². The van der Waals surface area contributed by atoms with Crippen molar-refractivity contribution in [2.45, 2.75) is 12.5 Å². The Morgan fingerprint density at radius 2 is 1.69 bits per heavy atom. The van der Waals surface area contributed by atoms with Gasteiger partial charge in [-0.1, -0.05) is 54.6 Å². The molecule has 0 fully saturated rings. The number of benzene rings is 3. The van der Waals surface area contributed by atoms with Crippen molar-refractivity contribution in [2.24, 2.45) is 0 Å². The molecule has 0 saturated heterocycles. The maximum absolute atomic E-state index is 13.1. The van der Waals surface area contributed by atoms with Crippen molar-refractivity contribution < 1.29 is 19.6 Å². The van der Waals surface area contributed by atoms with Gasteiger partial charge in [-0.25, -0.2) is 0 Å². The van der Waals surface area contributed by atoms with Gasteiger partial charge in [0.05, 0.1) is 20.8 Å². The molecule has 29 heavy (non-hydrogen) atoms. The number of amides is 1. The van der Waals surface area contributed by atoms with Gasteiger partial charge in [-0.3, -0.25) is 4.79 Å². The van der Waals surface area contributed by atoms with E-state index in [2.05, 4.69) is 16.7 Å². The molecule has 3 aromatic rings. The number of methoxy groups -OCH3 is 2. The highest BCUT2D eigenvalue weighted by atomic mass is 16.5.